The summed E-state index contributed by atoms with van der Waals surface area (Å²) in [5.41, 5.74) is -0.827. The average Bonchev–Trinajstić information content (AvgIpc) is 1.97. The first kappa shape index (κ1) is 10.0. The largest absolute Gasteiger partial charge is 0.390 e. The predicted molar refractivity (Wildman–Crippen MR) is 48.8 cm³/mol. The minimum Gasteiger partial charge on any atom is -0.390 e. The maximum absolute atomic E-state index is 10.1. The van der Waals surface area contributed by atoms with Crippen LogP contribution in [0.15, 0.2) is 0 Å². The lowest BCUT2D eigenvalue weighted by atomic mass is 9.72. The standard InChI is InChI=1S/C10H20O2/c1-7(2)10(12)5-4-8(3)6-9(10)11/h7-9,11-12H,4-6H2,1-3H3/t8-,9+,10-/m0/s1. The third kappa shape index (κ3) is 1.64. The summed E-state index contributed by atoms with van der Waals surface area (Å²) in [4.78, 5) is 0. The lowest BCUT2D eigenvalue weighted by molar-refractivity contribution is -0.136. The topological polar surface area (TPSA) is 40.5 Å². The zero-order valence-corrected chi connectivity index (χ0v) is 8.25. The number of aliphatic hydroxyl groups excluding tert-OH is 1. The van der Waals surface area contributed by atoms with Gasteiger partial charge in [0.2, 0.25) is 0 Å². The highest BCUT2D eigenvalue weighted by atomic mass is 16.3. The first-order valence-corrected chi connectivity index (χ1v) is 4.87. The van der Waals surface area contributed by atoms with Crippen LogP contribution in [0.1, 0.15) is 40.0 Å². The van der Waals surface area contributed by atoms with Crippen LogP contribution in [0.25, 0.3) is 0 Å². The zero-order chi connectivity index (χ0) is 9.35. The van der Waals surface area contributed by atoms with Gasteiger partial charge in [0, 0.05) is 0 Å². The fourth-order valence-corrected chi connectivity index (χ4v) is 2.02. The third-order valence-electron chi connectivity index (χ3n) is 3.24. The van der Waals surface area contributed by atoms with E-state index in [0.717, 1.165) is 19.3 Å². The summed E-state index contributed by atoms with van der Waals surface area (Å²) >= 11 is 0. The van der Waals surface area contributed by atoms with Gasteiger partial charge in [0.15, 0.2) is 0 Å². The van der Waals surface area contributed by atoms with Crippen molar-refractivity contribution in [1.29, 1.82) is 0 Å². The van der Waals surface area contributed by atoms with Crippen LogP contribution in [0.2, 0.25) is 0 Å². The van der Waals surface area contributed by atoms with E-state index in [0.29, 0.717) is 5.92 Å². The van der Waals surface area contributed by atoms with Crippen molar-refractivity contribution in [2.24, 2.45) is 11.8 Å². The first-order chi connectivity index (χ1) is 5.47. The Hall–Kier alpha value is -0.0800. The Kier molecular flexibility index (Phi) is 2.79. The van der Waals surface area contributed by atoms with Gasteiger partial charge in [-0.05, 0) is 31.1 Å². The van der Waals surface area contributed by atoms with Crippen molar-refractivity contribution in [3.8, 4) is 0 Å². The first-order valence-electron chi connectivity index (χ1n) is 4.87. The van der Waals surface area contributed by atoms with Crippen LogP contribution in [-0.4, -0.2) is 21.9 Å². The second-order valence-electron chi connectivity index (χ2n) is 4.54. The van der Waals surface area contributed by atoms with Crippen molar-refractivity contribution in [3.05, 3.63) is 0 Å². The molecule has 1 saturated carbocycles. The fraction of sp³-hybridized carbons (Fsp3) is 1.00. The molecule has 1 fully saturated rings. The maximum Gasteiger partial charge on any atom is 0.0928 e. The van der Waals surface area contributed by atoms with Gasteiger partial charge in [-0.2, -0.15) is 0 Å². The molecule has 72 valence electrons. The lowest BCUT2D eigenvalue weighted by Gasteiger charge is -2.42. The van der Waals surface area contributed by atoms with Crippen LogP contribution in [-0.2, 0) is 0 Å². The highest BCUT2D eigenvalue weighted by Crippen LogP contribution is 2.36. The number of hydrogen-bond donors (Lipinski definition) is 2. The van der Waals surface area contributed by atoms with Gasteiger partial charge >= 0.3 is 0 Å². The summed E-state index contributed by atoms with van der Waals surface area (Å²) in [5, 5.41) is 19.8. The second-order valence-corrected chi connectivity index (χ2v) is 4.54. The van der Waals surface area contributed by atoms with E-state index in [4.69, 9.17) is 0 Å². The molecule has 0 bridgehead atoms. The highest BCUT2D eigenvalue weighted by Gasteiger charge is 2.42. The van der Waals surface area contributed by atoms with Crippen molar-refractivity contribution >= 4 is 0 Å². The molecule has 0 amide bonds. The van der Waals surface area contributed by atoms with Crippen molar-refractivity contribution in [3.63, 3.8) is 0 Å². The minimum absolute atomic E-state index is 0.153. The number of hydrogen-bond acceptors (Lipinski definition) is 2. The summed E-state index contributed by atoms with van der Waals surface area (Å²) in [6, 6.07) is 0. The molecule has 0 saturated heterocycles. The van der Waals surface area contributed by atoms with Crippen LogP contribution in [0.3, 0.4) is 0 Å². The van der Waals surface area contributed by atoms with E-state index in [1.165, 1.54) is 0 Å². The van der Waals surface area contributed by atoms with Gasteiger partial charge in [0.1, 0.15) is 0 Å². The molecule has 0 spiro atoms. The Morgan fingerprint density at radius 1 is 1.42 bits per heavy atom. The lowest BCUT2D eigenvalue weighted by Crippen LogP contribution is -2.50. The molecule has 0 unspecified atom stereocenters. The molecule has 0 aliphatic heterocycles. The van der Waals surface area contributed by atoms with Crippen LogP contribution in [0, 0.1) is 11.8 Å². The molecular weight excluding hydrogens is 152 g/mol. The molecule has 2 nitrogen and oxygen atoms in total. The summed E-state index contributed by atoms with van der Waals surface area (Å²) in [7, 11) is 0. The van der Waals surface area contributed by atoms with E-state index >= 15 is 0 Å². The maximum atomic E-state index is 10.1. The highest BCUT2D eigenvalue weighted by molar-refractivity contribution is 4.93. The molecule has 0 aromatic heterocycles. The Labute approximate surface area is 74.6 Å². The van der Waals surface area contributed by atoms with E-state index in [1.54, 1.807) is 0 Å². The van der Waals surface area contributed by atoms with Gasteiger partial charge in [-0.3, -0.25) is 0 Å². The monoisotopic (exact) mass is 172 g/mol. The molecule has 2 N–H and O–H groups in total. The van der Waals surface area contributed by atoms with Gasteiger partial charge < -0.3 is 10.2 Å². The Morgan fingerprint density at radius 2 is 2.00 bits per heavy atom. The number of aliphatic hydroxyl groups is 2. The predicted octanol–water partition coefficient (Wildman–Crippen LogP) is 1.55. The molecule has 1 aliphatic carbocycles. The minimum atomic E-state index is -0.827. The van der Waals surface area contributed by atoms with Crippen LogP contribution in [0.5, 0.6) is 0 Å². The molecule has 3 atom stereocenters. The van der Waals surface area contributed by atoms with Gasteiger partial charge in [-0.1, -0.05) is 20.8 Å². The van der Waals surface area contributed by atoms with E-state index in [-0.39, 0.29) is 5.92 Å². The SMILES string of the molecule is CC(C)[C@@]1(O)CC[C@H](C)C[C@H]1O. The van der Waals surface area contributed by atoms with Crippen molar-refractivity contribution < 1.29 is 10.2 Å². The van der Waals surface area contributed by atoms with E-state index in [2.05, 4.69) is 6.92 Å². The summed E-state index contributed by atoms with van der Waals surface area (Å²) in [6.45, 7) is 6.07. The van der Waals surface area contributed by atoms with Crippen LogP contribution < -0.4 is 0 Å². The van der Waals surface area contributed by atoms with Crippen LogP contribution >= 0.6 is 0 Å². The van der Waals surface area contributed by atoms with E-state index < -0.39 is 11.7 Å². The molecule has 0 aromatic carbocycles. The van der Waals surface area contributed by atoms with Gasteiger partial charge in [0.25, 0.3) is 0 Å². The molecule has 12 heavy (non-hydrogen) atoms. The normalized spacial score (nSPS) is 43.5. The van der Waals surface area contributed by atoms with Gasteiger partial charge in [-0.25, -0.2) is 0 Å². The Bertz CT molecular complexity index is 156. The molecule has 2 heteroatoms. The van der Waals surface area contributed by atoms with Crippen LogP contribution in [0.4, 0.5) is 0 Å². The summed E-state index contributed by atoms with van der Waals surface area (Å²) in [6.07, 6.45) is 1.99. The summed E-state index contributed by atoms with van der Waals surface area (Å²) < 4.78 is 0. The van der Waals surface area contributed by atoms with Crippen molar-refractivity contribution in [2.45, 2.75) is 51.7 Å². The van der Waals surface area contributed by atoms with Gasteiger partial charge in [-0.15, -0.1) is 0 Å². The summed E-state index contributed by atoms with van der Waals surface area (Å²) in [5.74, 6) is 0.707. The molecule has 1 rings (SSSR count). The molecule has 0 aromatic rings. The quantitative estimate of drug-likeness (QED) is 0.630. The Morgan fingerprint density at radius 3 is 2.42 bits per heavy atom. The van der Waals surface area contributed by atoms with Crippen molar-refractivity contribution in [2.75, 3.05) is 0 Å². The van der Waals surface area contributed by atoms with Crippen molar-refractivity contribution in [1.82, 2.24) is 0 Å². The second kappa shape index (κ2) is 3.35. The average molecular weight is 172 g/mol. The van der Waals surface area contributed by atoms with E-state index in [1.807, 2.05) is 13.8 Å². The molecular formula is C10H20O2. The number of rotatable bonds is 1. The molecule has 0 radical (unpaired) electrons. The van der Waals surface area contributed by atoms with Gasteiger partial charge in [0.05, 0.1) is 11.7 Å². The fourth-order valence-electron chi connectivity index (χ4n) is 2.02. The molecule has 0 heterocycles. The smallest absolute Gasteiger partial charge is 0.0928 e. The van der Waals surface area contributed by atoms with E-state index in [9.17, 15) is 10.2 Å². The molecule has 1 aliphatic rings. The zero-order valence-electron chi connectivity index (χ0n) is 8.25. The third-order valence-corrected chi connectivity index (χ3v) is 3.24. The Balaban J connectivity index is 2.66.